The monoisotopic (exact) mass is 455 g/mol. The number of rotatable bonds is 4. The summed E-state index contributed by atoms with van der Waals surface area (Å²) in [5, 5.41) is 13.2. The molecule has 3 aromatic carbocycles. The first-order valence-electron chi connectivity index (χ1n) is 11.0. The molecule has 2 atom stereocenters. The Hall–Kier alpha value is -4.33. The summed E-state index contributed by atoms with van der Waals surface area (Å²) in [6, 6.07) is 16.6. The maximum absolute atomic E-state index is 13.4. The minimum atomic E-state index is -0.572. The van der Waals surface area contributed by atoms with Crippen LogP contribution in [0.15, 0.2) is 72.3 Å². The number of imide groups is 1. The van der Waals surface area contributed by atoms with E-state index in [-0.39, 0.29) is 11.6 Å². The standard InChI is InChI=1S/C26H21N3O5/c1-15-8-13-19(22(14-15)16-9-11-18(12-10-16)29(33)34)24(30)27-28-25(31)20-6-2-4-17-5-3-7-21(23(17)20)26(28)32/h2-12,19,22H,13-14H2,1H3,(H,27,30)/t19-,22+/m0/s1. The van der Waals surface area contributed by atoms with Gasteiger partial charge in [0, 0.05) is 17.5 Å². The van der Waals surface area contributed by atoms with Crippen LogP contribution in [0.4, 0.5) is 5.69 Å². The number of nitrogens with one attached hydrogen (secondary N) is 1. The highest BCUT2D eigenvalue weighted by Gasteiger charge is 2.38. The Morgan fingerprint density at radius 1 is 1.00 bits per heavy atom. The van der Waals surface area contributed by atoms with Crippen molar-refractivity contribution >= 4 is 34.2 Å². The molecule has 0 aromatic heterocycles. The Balaban J connectivity index is 1.44. The van der Waals surface area contributed by atoms with Gasteiger partial charge in [-0.1, -0.05) is 48.0 Å². The topological polar surface area (TPSA) is 110 Å². The number of nitro groups is 1. The molecule has 2 aliphatic rings. The van der Waals surface area contributed by atoms with Crippen molar-refractivity contribution in [2.75, 3.05) is 0 Å². The molecule has 1 aliphatic heterocycles. The maximum atomic E-state index is 13.4. The maximum Gasteiger partial charge on any atom is 0.280 e. The Kier molecular flexibility index (Phi) is 5.20. The summed E-state index contributed by atoms with van der Waals surface area (Å²) in [5.74, 6) is -2.37. The van der Waals surface area contributed by atoms with Crippen LogP contribution in [0.5, 0.6) is 0 Å². The summed E-state index contributed by atoms with van der Waals surface area (Å²) in [4.78, 5) is 50.2. The van der Waals surface area contributed by atoms with Crippen LogP contribution in [-0.4, -0.2) is 27.7 Å². The Morgan fingerprint density at radius 2 is 1.62 bits per heavy atom. The van der Waals surface area contributed by atoms with E-state index in [0.717, 1.165) is 21.5 Å². The molecule has 5 rings (SSSR count). The van der Waals surface area contributed by atoms with Crippen molar-refractivity contribution in [3.8, 4) is 0 Å². The summed E-state index contributed by atoms with van der Waals surface area (Å²) < 4.78 is 0. The molecule has 0 bridgehead atoms. The third-order valence-corrected chi connectivity index (χ3v) is 6.61. The molecule has 34 heavy (non-hydrogen) atoms. The number of nitrogens with zero attached hydrogens (tertiary/aromatic N) is 2. The minimum Gasteiger partial charge on any atom is -0.273 e. The predicted molar refractivity (Wildman–Crippen MR) is 125 cm³/mol. The second-order valence-electron chi connectivity index (χ2n) is 8.68. The molecular weight excluding hydrogens is 434 g/mol. The summed E-state index contributed by atoms with van der Waals surface area (Å²) in [5.41, 5.74) is 5.18. The highest BCUT2D eigenvalue weighted by atomic mass is 16.6. The fraction of sp³-hybridized carbons (Fsp3) is 0.192. The minimum absolute atomic E-state index is 0.0230. The number of hydrogen-bond acceptors (Lipinski definition) is 5. The van der Waals surface area contributed by atoms with Crippen molar-refractivity contribution < 1.29 is 19.3 Å². The number of hydrazine groups is 1. The second kappa shape index (κ2) is 8.22. The normalized spacial score (nSPS) is 19.7. The van der Waals surface area contributed by atoms with Gasteiger partial charge < -0.3 is 0 Å². The number of hydrogen-bond donors (Lipinski definition) is 1. The van der Waals surface area contributed by atoms with E-state index >= 15 is 0 Å². The lowest BCUT2D eigenvalue weighted by Crippen LogP contribution is -2.53. The molecular formula is C26H21N3O5. The Morgan fingerprint density at radius 3 is 2.21 bits per heavy atom. The van der Waals surface area contributed by atoms with Gasteiger partial charge in [-0.2, -0.15) is 5.01 Å². The van der Waals surface area contributed by atoms with Gasteiger partial charge in [-0.15, -0.1) is 0 Å². The molecule has 3 aromatic rings. The fourth-order valence-corrected chi connectivity index (χ4v) is 4.87. The van der Waals surface area contributed by atoms with Crippen molar-refractivity contribution in [1.29, 1.82) is 0 Å². The van der Waals surface area contributed by atoms with Gasteiger partial charge >= 0.3 is 0 Å². The molecule has 8 heteroatoms. The summed E-state index contributed by atoms with van der Waals surface area (Å²) in [6.07, 6.45) is 3.00. The van der Waals surface area contributed by atoms with E-state index in [1.54, 1.807) is 36.4 Å². The predicted octanol–water partition coefficient (Wildman–Crippen LogP) is 4.52. The largest absolute Gasteiger partial charge is 0.280 e. The highest BCUT2D eigenvalue weighted by molar-refractivity contribution is 6.25. The van der Waals surface area contributed by atoms with Gasteiger partial charge in [-0.3, -0.25) is 29.9 Å². The molecule has 1 heterocycles. The molecule has 0 unspecified atom stereocenters. The first-order chi connectivity index (χ1) is 16.3. The number of benzene rings is 3. The molecule has 1 aliphatic carbocycles. The zero-order chi connectivity index (χ0) is 24.0. The first-order valence-corrected chi connectivity index (χ1v) is 11.0. The third-order valence-electron chi connectivity index (χ3n) is 6.61. The van der Waals surface area contributed by atoms with Crippen LogP contribution >= 0.6 is 0 Å². The van der Waals surface area contributed by atoms with Gasteiger partial charge in [0.2, 0.25) is 5.91 Å². The SMILES string of the molecule is CC1=CC[C@H](C(=O)NN2C(=O)c3cccc4cccc(c34)C2=O)[C@@H](c2ccc([N+](=O)[O-])cc2)C1. The summed E-state index contributed by atoms with van der Waals surface area (Å²) in [6.45, 7) is 1.97. The molecule has 0 saturated heterocycles. The van der Waals surface area contributed by atoms with Crippen LogP contribution in [0.1, 0.15) is 52.0 Å². The van der Waals surface area contributed by atoms with Crippen molar-refractivity contribution in [1.82, 2.24) is 10.4 Å². The van der Waals surface area contributed by atoms with E-state index in [4.69, 9.17) is 0 Å². The van der Waals surface area contributed by atoms with Crippen LogP contribution < -0.4 is 5.43 Å². The average molecular weight is 455 g/mol. The number of allylic oxidation sites excluding steroid dienone is 2. The first kappa shape index (κ1) is 21.5. The lowest BCUT2D eigenvalue weighted by molar-refractivity contribution is -0.384. The lowest BCUT2D eigenvalue weighted by Gasteiger charge is -2.33. The molecule has 0 saturated carbocycles. The molecule has 0 spiro atoms. The number of amides is 3. The van der Waals surface area contributed by atoms with Gasteiger partial charge in [-0.05, 0) is 48.8 Å². The van der Waals surface area contributed by atoms with Crippen molar-refractivity contribution in [3.05, 3.63) is 99.1 Å². The quantitative estimate of drug-likeness (QED) is 0.269. The average Bonchev–Trinajstić information content (AvgIpc) is 2.85. The smallest absolute Gasteiger partial charge is 0.273 e. The molecule has 1 N–H and O–H groups in total. The van der Waals surface area contributed by atoms with Gasteiger partial charge in [0.05, 0.1) is 22.0 Å². The highest BCUT2D eigenvalue weighted by Crippen LogP contribution is 2.38. The zero-order valence-corrected chi connectivity index (χ0v) is 18.4. The van der Waals surface area contributed by atoms with Gasteiger partial charge in [-0.25, -0.2) is 0 Å². The van der Waals surface area contributed by atoms with Gasteiger partial charge in [0.25, 0.3) is 17.5 Å². The van der Waals surface area contributed by atoms with E-state index in [2.05, 4.69) is 5.43 Å². The van der Waals surface area contributed by atoms with Crippen molar-refractivity contribution in [3.63, 3.8) is 0 Å². The van der Waals surface area contributed by atoms with Crippen LogP contribution in [0.2, 0.25) is 0 Å². The molecule has 170 valence electrons. The molecule has 8 nitrogen and oxygen atoms in total. The van der Waals surface area contributed by atoms with Crippen LogP contribution in [0.3, 0.4) is 0 Å². The van der Waals surface area contributed by atoms with Gasteiger partial charge in [0.1, 0.15) is 0 Å². The third kappa shape index (κ3) is 3.53. The molecule has 0 radical (unpaired) electrons. The number of non-ortho nitro benzene ring substituents is 1. The molecule has 0 fully saturated rings. The van der Waals surface area contributed by atoms with Crippen molar-refractivity contribution in [2.45, 2.75) is 25.7 Å². The second-order valence-corrected chi connectivity index (χ2v) is 8.68. The number of carbonyl (C=O) groups is 3. The van der Waals surface area contributed by atoms with E-state index in [0.29, 0.717) is 29.4 Å². The van der Waals surface area contributed by atoms with E-state index < -0.39 is 28.6 Å². The fourth-order valence-electron chi connectivity index (χ4n) is 4.87. The van der Waals surface area contributed by atoms with E-state index in [1.165, 1.54) is 12.1 Å². The van der Waals surface area contributed by atoms with Gasteiger partial charge in [0.15, 0.2) is 0 Å². The number of carbonyl (C=O) groups excluding carboxylic acids is 3. The van der Waals surface area contributed by atoms with E-state index in [9.17, 15) is 24.5 Å². The summed E-state index contributed by atoms with van der Waals surface area (Å²) >= 11 is 0. The Labute approximate surface area is 195 Å². The lowest BCUT2D eigenvalue weighted by atomic mass is 9.75. The molecule has 3 amide bonds. The van der Waals surface area contributed by atoms with Crippen LogP contribution in [-0.2, 0) is 4.79 Å². The van der Waals surface area contributed by atoms with Crippen LogP contribution in [0.25, 0.3) is 10.8 Å². The van der Waals surface area contributed by atoms with Crippen LogP contribution in [0, 0.1) is 16.0 Å². The Bertz CT molecular complexity index is 1340. The zero-order valence-electron chi connectivity index (χ0n) is 18.4. The van der Waals surface area contributed by atoms with Crippen molar-refractivity contribution in [2.24, 2.45) is 5.92 Å². The van der Waals surface area contributed by atoms with E-state index in [1.807, 2.05) is 25.1 Å². The summed E-state index contributed by atoms with van der Waals surface area (Å²) in [7, 11) is 0. The number of nitro benzene ring substituents is 1.